The zero-order valence-corrected chi connectivity index (χ0v) is 15.9. The number of hydrogen-bond donors (Lipinski definition) is 1. The molecule has 1 aliphatic rings. The van der Waals surface area contributed by atoms with Crippen molar-refractivity contribution in [1.29, 1.82) is 0 Å². The summed E-state index contributed by atoms with van der Waals surface area (Å²) >= 11 is 5.96. The van der Waals surface area contributed by atoms with Crippen molar-refractivity contribution in [2.45, 2.75) is 38.9 Å². The van der Waals surface area contributed by atoms with E-state index in [4.69, 9.17) is 16.6 Å². The summed E-state index contributed by atoms with van der Waals surface area (Å²) in [7, 11) is 0. The minimum absolute atomic E-state index is 0.572. The highest BCUT2D eigenvalue weighted by molar-refractivity contribution is 6.30. The van der Waals surface area contributed by atoms with Crippen LogP contribution in [0.15, 0.2) is 48.8 Å². The van der Waals surface area contributed by atoms with E-state index in [-0.39, 0.29) is 0 Å². The lowest BCUT2D eigenvalue weighted by molar-refractivity contribution is 0.190. The number of pyridine rings is 1. The number of aryl methyl sites for hydroxylation is 1. The van der Waals surface area contributed by atoms with E-state index in [1.807, 2.05) is 12.1 Å². The number of nitrogens with one attached hydrogen (secondary N) is 1. The SMILES string of the molecule is Cc1cccn2cc(CNC3CCN(Cc4ccc(Cl)cc4)CC3)nc12. The quantitative estimate of drug-likeness (QED) is 0.737. The molecule has 136 valence electrons. The number of halogens is 1. The van der Waals surface area contributed by atoms with Gasteiger partial charge in [-0.05, 0) is 62.2 Å². The molecule has 1 aromatic carbocycles. The first-order valence-electron chi connectivity index (χ1n) is 9.31. The molecule has 0 aliphatic carbocycles. The lowest BCUT2D eigenvalue weighted by atomic mass is 10.0. The normalized spacial score (nSPS) is 16.4. The van der Waals surface area contributed by atoms with E-state index in [0.29, 0.717) is 6.04 Å². The molecule has 0 spiro atoms. The van der Waals surface area contributed by atoms with Crippen molar-refractivity contribution < 1.29 is 0 Å². The largest absolute Gasteiger partial charge is 0.308 e. The number of benzene rings is 1. The van der Waals surface area contributed by atoms with Gasteiger partial charge in [-0.3, -0.25) is 4.90 Å². The molecule has 1 N–H and O–H groups in total. The van der Waals surface area contributed by atoms with Crippen LogP contribution in [0.1, 0.15) is 29.7 Å². The summed E-state index contributed by atoms with van der Waals surface area (Å²) in [4.78, 5) is 7.28. The molecule has 0 amide bonds. The van der Waals surface area contributed by atoms with E-state index in [9.17, 15) is 0 Å². The van der Waals surface area contributed by atoms with Gasteiger partial charge in [0.2, 0.25) is 0 Å². The molecule has 2 aromatic heterocycles. The highest BCUT2D eigenvalue weighted by atomic mass is 35.5. The maximum absolute atomic E-state index is 5.96. The van der Waals surface area contributed by atoms with E-state index in [1.54, 1.807) is 0 Å². The first kappa shape index (κ1) is 17.5. The smallest absolute Gasteiger partial charge is 0.139 e. The van der Waals surface area contributed by atoms with Crippen LogP contribution in [-0.2, 0) is 13.1 Å². The maximum Gasteiger partial charge on any atom is 0.139 e. The molecule has 1 fully saturated rings. The van der Waals surface area contributed by atoms with Gasteiger partial charge in [0.25, 0.3) is 0 Å². The molecule has 1 saturated heterocycles. The molecule has 26 heavy (non-hydrogen) atoms. The van der Waals surface area contributed by atoms with E-state index >= 15 is 0 Å². The van der Waals surface area contributed by atoms with Gasteiger partial charge in [0.05, 0.1) is 5.69 Å². The molecular weight excluding hydrogens is 344 g/mol. The van der Waals surface area contributed by atoms with Gasteiger partial charge >= 0.3 is 0 Å². The average Bonchev–Trinajstić information content (AvgIpc) is 3.08. The van der Waals surface area contributed by atoms with Crippen LogP contribution in [0.3, 0.4) is 0 Å². The Bertz CT molecular complexity index is 863. The van der Waals surface area contributed by atoms with Crippen molar-refractivity contribution >= 4 is 17.2 Å². The van der Waals surface area contributed by atoms with E-state index < -0.39 is 0 Å². The van der Waals surface area contributed by atoms with Crippen molar-refractivity contribution in [3.05, 3.63) is 70.6 Å². The van der Waals surface area contributed by atoms with Crippen LogP contribution in [0.25, 0.3) is 5.65 Å². The highest BCUT2D eigenvalue weighted by Crippen LogP contribution is 2.16. The molecule has 4 nitrogen and oxygen atoms in total. The zero-order chi connectivity index (χ0) is 17.9. The summed E-state index contributed by atoms with van der Waals surface area (Å²) in [6, 6.07) is 12.9. The Morgan fingerprint density at radius 3 is 2.65 bits per heavy atom. The second-order valence-electron chi connectivity index (χ2n) is 7.21. The third kappa shape index (κ3) is 4.09. The molecule has 3 aromatic rings. The van der Waals surface area contributed by atoms with Gasteiger partial charge in [-0.1, -0.05) is 29.8 Å². The van der Waals surface area contributed by atoms with E-state index in [2.05, 4.69) is 58.2 Å². The summed E-state index contributed by atoms with van der Waals surface area (Å²) < 4.78 is 2.11. The van der Waals surface area contributed by atoms with Crippen LogP contribution in [0.5, 0.6) is 0 Å². The van der Waals surface area contributed by atoms with Crippen LogP contribution in [0.2, 0.25) is 5.02 Å². The third-order valence-corrected chi connectivity index (χ3v) is 5.46. The Morgan fingerprint density at radius 2 is 1.92 bits per heavy atom. The van der Waals surface area contributed by atoms with Gasteiger partial charge in [0.1, 0.15) is 5.65 Å². The second-order valence-corrected chi connectivity index (χ2v) is 7.65. The first-order chi connectivity index (χ1) is 12.7. The Labute approximate surface area is 159 Å². The third-order valence-electron chi connectivity index (χ3n) is 5.21. The number of nitrogens with zero attached hydrogens (tertiary/aromatic N) is 3. The van der Waals surface area contributed by atoms with Gasteiger partial charge in [-0.25, -0.2) is 4.98 Å². The summed E-state index contributed by atoms with van der Waals surface area (Å²) in [5.74, 6) is 0. The number of piperidine rings is 1. The fraction of sp³-hybridized carbons (Fsp3) is 0.381. The summed E-state index contributed by atoms with van der Waals surface area (Å²) in [6.07, 6.45) is 6.55. The standard InChI is InChI=1S/C21H25ClN4/c1-16-3-2-10-26-15-20(24-21(16)26)13-23-19-8-11-25(12-9-19)14-17-4-6-18(22)7-5-17/h2-7,10,15,19,23H,8-9,11-14H2,1H3. The van der Waals surface area contributed by atoms with Crippen LogP contribution < -0.4 is 5.32 Å². The summed E-state index contributed by atoms with van der Waals surface area (Å²) in [5.41, 5.74) is 4.72. The van der Waals surface area contributed by atoms with Crippen LogP contribution >= 0.6 is 11.6 Å². The predicted octanol–water partition coefficient (Wildman–Crippen LogP) is 4.05. The van der Waals surface area contributed by atoms with Crippen LogP contribution in [0.4, 0.5) is 0 Å². The van der Waals surface area contributed by atoms with Crippen molar-refractivity contribution in [3.8, 4) is 0 Å². The van der Waals surface area contributed by atoms with Gasteiger partial charge in [-0.2, -0.15) is 0 Å². The van der Waals surface area contributed by atoms with Crippen molar-refractivity contribution in [1.82, 2.24) is 19.6 Å². The monoisotopic (exact) mass is 368 g/mol. The summed E-state index contributed by atoms with van der Waals surface area (Å²) in [6.45, 7) is 6.21. The lowest BCUT2D eigenvalue weighted by Gasteiger charge is -2.32. The number of hydrogen-bond acceptors (Lipinski definition) is 3. The van der Waals surface area contributed by atoms with Gasteiger partial charge in [0, 0.05) is 36.5 Å². The lowest BCUT2D eigenvalue weighted by Crippen LogP contribution is -2.41. The number of fused-ring (bicyclic) bond motifs is 1. The Kier molecular flexibility index (Phi) is 5.25. The number of imidazole rings is 1. The van der Waals surface area contributed by atoms with E-state index in [0.717, 1.165) is 42.5 Å². The molecule has 0 bridgehead atoms. The fourth-order valence-electron chi connectivity index (χ4n) is 3.68. The average molecular weight is 369 g/mol. The molecule has 0 unspecified atom stereocenters. The Balaban J connectivity index is 1.27. The van der Waals surface area contributed by atoms with E-state index in [1.165, 1.54) is 24.0 Å². The Hall–Kier alpha value is -1.88. The molecule has 0 saturated carbocycles. The molecular formula is C21H25ClN4. The molecule has 1 aliphatic heterocycles. The van der Waals surface area contributed by atoms with Gasteiger partial charge in [0.15, 0.2) is 0 Å². The van der Waals surface area contributed by atoms with Gasteiger partial charge in [-0.15, -0.1) is 0 Å². The molecule has 0 atom stereocenters. The second kappa shape index (κ2) is 7.78. The Morgan fingerprint density at radius 1 is 1.15 bits per heavy atom. The van der Waals surface area contributed by atoms with Gasteiger partial charge < -0.3 is 9.72 Å². The predicted molar refractivity (Wildman–Crippen MR) is 107 cm³/mol. The summed E-state index contributed by atoms with van der Waals surface area (Å²) in [5, 5.41) is 4.49. The van der Waals surface area contributed by atoms with Crippen LogP contribution in [0, 0.1) is 6.92 Å². The van der Waals surface area contributed by atoms with Crippen LogP contribution in [-0.4, -0.2) is 33.4 Å². The topological polar surface area (TPSA) is 32.6 Å². The number of aromatic nitrogens is 2. The number of likely N-dealkylation sites (tertiary alicyclic amines) is 1. The number of rotatable bonds is 5. The first-order valence-corrected chi connectivity index (χ1v) is 9.68. The van der Waals surface area contributed by atoms with Crippen molar-refractivity contribution in [3.63, 3.8) is 0 Å². The fourth-order valence-corrected chi connectivity index (χ4v) is 3.81. The molecule has 0 radical (unpaired) electrons. The van der Waals surface area contributed by atoms with Crippen molar-refractivity contribution in [2.24, 2.45) is 0 Å². The highest BCUT2D eigenvalue weighted by Gasteiger charge is 2.19. The molecule has 4 rings (SSSR count). The molecule has 3 heterocycles. The minimum atomic E-state index is 0.572. The maximum atomic E-state index is 5.96. The van der Waals surface area contributed by atoms with Crippen molar-refractivity contribution in [2.75, 3.05) is 13.1 Å². The molecule has 5 heteroatoms. The zero-order valence-electron chi connectivity index (χ0n) is 15.2. The minimum Gasteiger partial charge on any atom is -0.308 e.